The highest BCUT2D eigenvalue weighted by atomic mass is 16.5. The number of nitriles is 1. The van der Waals surface area contributed by atoms with Crippen molar-refractivity contribution in [1.29, 1.82) is 5.26 Å². The topological polar surface area (TPSA) is 91.2 Å². The Bertz CT molecular complexity index is 777. The summed E-state index contributed by atoms with van der Waals surface area (Å²) in [6.07, 6.45) is 0.775. The van der Waals surface area contributed by atoms with E-state index >= 15 is 0 Å². The van der Waals surface area contributed by atoms with E-state index < -0.39 is 0 Å². The lowest BCUT2D eigenvalue weighted by molar-refractivity contribution is -0.116. The minimum Gasteiger partial charge on any atom is -0.494 e. The molecule has 6 heteroatoms. The molecular weight excluding hydrogens is 330 g/mol. The van der Waals surface area contributed by atoms with Gasteiger partial charge < -0.3 is 15.4 Å². The molecule has 0 aliphatic heterocycles. The largest absolute Gasteiger partial charge is 0.494 e. The first-order valence-electron chi connectivity index (χ1n) is 8.33. The van der Waals surface area contributed by atoms with Gasteiger partial charge in [-0.05, 0) is 49.7 Å². The molecule has 0 bridgehead atoms. The first kappa shape index (κ1) is 19.0. The number of hydrogen-bond donors (Lipinski definition) is 2. The van der Waals surface area contributed by atoms with Crippen LogP contribution in [0.25, 0.3) is 0 Å². The molecule has 0 atom stereocenters. The molecule has 2 aromatic rings. The first-order chi connectivity index (χ1) is 12.6. The van der Waals surface area contributed by atoms with Gasteiger partial charge in [-0.15, -0.1) is 0 Å². The number of amides is 2. The fourth-order valence-electron chi connectivity index (χ4n) is 2.19. The maximum Gasteiger partial charge on any atom is 0.238 e. The summed E-state index contributed by atoms with van der Waals surface area (Å²) in [7, 11) is 0. The molecule has 2 rings (SSSR count). The Morgan fingerprint density at radius 3 is 2.12 bits per heavy atom. The summed E-state index contributed by atoms with van der Waals surface area (Å²) in [5.41, 5.74) is 2.40. The van der Waals surface area contributed by atoms with E-state index in [0.29, 0.717) is 30.8 Å². The van der Waals surface area contributed by atoms with E-state index in [1.165, 1.54) is 5.56 Å². The van der Waals surface area contributed by atoms with Crippen LogP contribution in [0.2, 0.25) is 0 Å². The number of rotatable bonds is 8. The predicted molar refractivity (Wildman–Crippen MR) is 99.8 cm³/mol. The maximum absolute atomic E-state index is 11.9. The quantitative estimate of drug-likeness (QED) is 0.710. The normalized spacial score (nSPS) is 9.85. The van der Waals surface area contributed by atoms with E-state index in [4.69, 9.17) is 10.00 Å². The zero-order valence-corrected chi connectivity index (χ0v) is 14.6. The molecule has 6 nitrogen and oxygen atoms in total. The molecule has 0 heterocycles. The lowest BCUT2D eigenvalue weighted by atomic mass is 10.2. The molecule has 2 N–H and O–H groups in total. The van der Waals surface area contributed by atoms with Gasteiger partial charge in [-0.2, -0.15) is 5.26 Å². The third-order valence-electron chi connectivity index (χ3n) is 3.53. The minimum absolute atomic E-state index is 0.0984. The van der Waals surface area contributed by atoms with Crippen molar-refractivity contribution in [3.8, 4) is 11.8 Å². The minimum atomic E-state index is -0.363. The fourth-order valence-corrected chi connectivity index (χ4v) is 2.19. The van der Waals surface area contributed by atoms with Crippen LogP contribution in [0.1, 0.15) is 24.8 Å². The fraction of sp³-hybridized carbons (Fsp3) is 0.250. The van der Waals surface area contributed by atoms with Crippen LogP contribution in [-0.2, 0) is 9.59 Å². The number of aryl methyl sites for hydroxylation is 1. The summed E-state index contributed by atoms with van der Waals surface area (Å²) in [6, 6.07) is 16.3. The van der Waals surface area contributed by atoms with Crippen LogP contribution in [0.15, 0.2) is 48.5 Å². The van der Waals surface area contributed by atoms with E-state index in [2.05, 4.69) is 10.6 Å². The van der Waals surface area contributed by atoms with Gasteiger partial charge >= 0.3 is 0 Å². The van der Waals surface area contributed by atoms with Crippen molar-refractivity contribution in [2.45, 2.75) is 26.2 Å². The third kappa shape index (κ3) is 6.65. The van der Waals surface area contributed by atoms with E-state index in [-0.39, 0.29) is 18.2 Å². The molecule has 0 radical (unpaired) electrons. The number of benzene rings is 2. The molecule has 2 aromatic carbocycles. The van der Waals surface area contributed by atoms with Gasteiger partial charge in [0.15, 0.2) is 0 Å². The molecule has 0 fully saturated rings. The SMILES string of the molecule is Cc1ccc(OCCCC(=O)Nc2ccc(NC(=O)CC#N)cc2)cc1. The summed E-state index contributed by atoms with van der Waals surface area (Å²) in [5, 5.41) is 13.8. The Labute approximate surface area is 152 Å². The lowest BCUT2D eigenvalue weighted by Gasteiger charge is -2.08. The number of nitrogens with zero attached hydrogens (tertiary/aromatic N) is 1. The Morgan fingerprint density at radius 1 is 0.962 bits per heavy atom. The van der Waals surface area contributed by atoms with Gasteiger partial charge in [-0.25, -0.2) is 0 Å². The van der Waals surface area contributed by atoms with Gasteiger partial charge in [0.2, 0.25) is 11.8 Å². The van der Waals surface area contributed by atoms with Crippen molar-refractivity contribution in [2.75, 3.05) is 17.2 Å². The van der Waals surface area contributed by atoms with Crippen LogP contribution in [0.4, 0.5) is 11.4 Å². The Kier molecular flexibility index (Phi) is 7.19. The van der Waals surface area contributed by atoms with Gasteiger partial charge in [-0.3, -0.25) is 9.59 Å². The number of carbonyl (C=O) groups is 2. The van der Waals surface area contributed by atoms with Crippen LogP contribution >= 0.6 is 0 Å². The summed E-state index contributed by atoms with van der Waals surface area (Å²) in [5.74, 6) is 0.335. The van der Waals surface area contributed by atoms with Crippen LogP contribution in [0.5, 0.6) is 5.75 Å². The van der Waals surface area contributed by atoms with Gasteiger partial charge in [0.1, 0.15) is 12.2 Å². The van der Waals surface area contributed by atoms with E-state index in [0.717, 1.165) is 5.75 Å². The molecule has 26 heavy (non-hydrogen) atoms. The van der Waals surface area contributed by atoms with Gasteiger partial charge in [0.25, 0.3) is 0 Å². The zero-order chi connectivity index (χ0) is 18.8. The van der Waals surface area contributed by atoms with Crippen LogP contribution in [0, 0.1) is 18.3 Å². The van der Waals surface area contributed by atoms with Gasteiger partial charge in [-0.1, -0.05) is 17.7 Å². The molecule has 0 saturated carbocycles. The smallest absolute Gasteiger partial charge is 0.238 e. The summed E-state index contributed by atoms with van der Waals surface area (Å²) in [4.78, 5) is 23.3. The van der Waals surface area contributed by atoms with Gasteiger partial charge in [0.05, 0.1) is 12.7 Å². The zero-order valence-electron chi connectivity index (χ0n) is 14.6. The highest BCUT2D eigenvalue weighted by Gasteiger charge is 2.04. The number of carbonyl (C=O) groups excluding carboxylic acids is 2. The highest BCUT2D eigenvalue weighted by molar-refractivity contribution is 5.93. The Hall–Kier alpha value is -3.33. The molecule has 2 amide bonds. The monoisotopic (exact) mass is 351 g/mol. The average molecular weight is 351 g/mol. The van der Waals surface area contributed by atoms with Crippen molar-refractivity contribution < 1.29 is 14.3 Å². The second-order valence-corrected chi connectivity index (χ2v) is 5.77. The van der Waals surface area contributed by atoms with E-state index in [9.17, 15) is 9.59 Å². The summed E-state index contributed by atoms with van der Waals surface area (Å²) in [6.45, 7) is 2.49. The summed E-state index contributed by atoms with van der Waals surface area (Å²) >= 11 is 0. The standard InChI is InChI=1S/C20H21N3O3/c1-15-4-10-18(11-5-15)26-14-2-3-19(24)22-16-6-8-17(9-7-16)23-20(25)12-13-21/h4-11H,2-3,12,14H2,1H3,(H,22,24)(H,23,25). The molecule has 0 aromatic heterocycles. The van der Waals surface area contributed by atoms with Crippen molar-refractivity contribution in [3.63, 3.8) is 0 Å². The predicted octanol–water partition coefficient (Wildman–Crippen LogP) is 3.64. The van der Waals surface area contributed by atoms with Crippen molar-refractivity contribution in [1.82, 2.24) is 0 Å². The second-order valence-electron chi connectivity index (χ2n) is 5.77. The third-order valence-corrected chi connectivity index (χ3v) is 3.53. The second kappa shape index (κ2) is 9.84. The Morgan fingerprint density at radius 2 is 1.54 bits per heavy atom. The molecule has 0 aliphatic carbocycles. The van der Waals surface area contributed by atoms with E-state index in [1.807, 2.05) is 31.2 Å². The first-order valence-corrected chi connectivity index (χ1v) is 8.33. The molecular formula is C20H21N3O3. The molecule has 0 spiro atoms. The highest BCUT2D eigenvalue weighted by Crippen LogP contribution is 2.15. The van der Waals surface area contributed by atoms with Gasteiger partial charge in [0, 0.05) is 17.8 Å². The average Bonchev–Trinajstić information content (AvgIpc) is 2.62. The number of ether oxygens (including phenoxy) is 1. The van der Waals surface area contributed by atoms with Crippen LogP contribution in [0.3, 0.4) is 0 Å². The number of nitrogens with one attached hydrogen (secondary N) is 2. The van der Waals surface area contributed by atoms with E-state index in [1.54, 1.807) is 30.3 Å². The number of anilines is 2. The van der Waals surface area contributed by atoms with Crippen molar-refractivity contribution in [3.05, 3.63) is 54.1 Å². The number of hydrogen-bond acceptors (Lipinski definition) is 4. The molecule has 0 unspecified atom stereocenters. The molecule has 0 saturated heterocycles. The summed E-state index contributed by atoms with van der Waals surface area (Å²) < 4.78 is 5.59. The van der Waals surface area contributed by atoms with Crippen LogP contribution in [-0.4, -0.2) is 18.4 Å². The maximum atomic E-state index is 11.9. The Balaban J connectivity index is 1.69. The lowest BCUT2D eigenvalue weighted by Crippen LogP contribution is -2.13. The van der Waals surface area contributed by atoms with Crippen molar-refractivity contribution >= 4 is 23.2 Å². The van der Waals surface area contributed by atoms with Crippen molar-refractivity contribution in [2.24, 2.45) is 0 Å². The van der Waals surface area contributed by atoms with Crippen LogP contribution < -0.4 is 15.4 Å². The molecule has 134 valence electrons. The molecule has 0 aliphatic rings.